The van der Waals surface area contributed by atoms with Crippen LogP contribution in [0.15, 0.2) is 0 Å². The van der Waals surface area contributed by atoms with E-state index < -0.39 is 0 Å². The second kappa shape index (κ2) is 17.8. The molecule has 0 bridgehead atoms. The first-order valence-electron chi connectivity index (χ1n) is 7.93. The predicted molar refractivity (Wildman–Crippen MR) is 82.6 cm³/mol. The fraction of sp³-hybridized carbons (Fsp3) is 1.00. The minimum absolute atomic E-state index is 0.180. The van der Waals surface area contributed by atoms with Crippen molar-refractivity contribution in [3.63, 3.8) is 0 Å². The van der Waals surface area contributed by atoms with E-state index in [1.54, 1.807) is 7.11 Å². The van der Waals surface area contributed by atoms with Crippen LogP contribution in [0.1, 0.15) is 25.7 Å². The minimum Gasteiger partial charge on any atom is -0.396 e. The summed E-state index contributed by atoms with van der Waals surface area (Å²) in [6.45, 7) is 6.51. The van der Waals surface area contributed by atoms with E-state index in [4.69, 9.17) is 24.4 Å². The van der Waals surface area contributed by atoms with Gasteiger partial charge in [-0.2, -0.15) is 0 Å². The molecule has 0 atom stereocenters. The molecular weight excluding hydrogens is 274 g/mol. The Morgan fingerprint density at radius 1 is 0.667 bits per heavy atom. The predicted octanol–water partition coefficient (Wildman–Crippen LogP) is 0.513. The maximum absolute atomic E-state index is 8.69. The summed E-state index contributed by atoms with van der Waals surface area (Å²) in [6, 6.07) is 0. The molecule has 0 aliphatic heterocycles. The first kappa shape index (κ1) is 20.8. The van der Waals surface area contributed by atoms with Crippen molar-refractivity contribution in [2.75, 3.05) is 73.0 Å². The van der Waals surface area contributed by atoms with Gasteiger partial charge in [-0.3, -0.25) is 4.90 Å². The maximum atomic E-state index is 8.69. The number of methoxy groups -OCH3 is 1. The molecule has 0 aromatic carbocycles. The zero-order chi connectivity index (χ0) is 15.6. The average Bonchev–Trinajstić information content (AvgIpc) is 2.50. The molecule has 6 nitrogen and oxygen atoms in total. The van der Waals surface area contributed by atoms with Crippen molar-refractivity contribution in [2.45, 2.75) is 25.7 Å². The molecule has 0 spiro atoms. The lowest BCUT2D eigenvalue weighted by atomic mass is 10.3. The van der Waals surface area contributed by atoms with Crippen LogP contribution in [0.5, 0.6) is 0 Å². The lowest BCUT2D eigenvalue weighted by Gasteiger charge is -2.22. The number of rotatable bonds is 17. The van der Waals surface area contributed by atoms with Crippen molar-refractivity contribution in [3.05, 3.63) is 0 Å². The van der Waals surface area contributed by atoms with E-state index >= 15 is 0 Å². The van der Waals surface area contributed by atoms with Gasteiger partial charge in [-0.25, -0.2) is 0 Å². The topological polar surface area (TPSA) is 71.4 Å². The molecule has 0 aromatic rings. The van der Waals surface area contributed by atoms with Crippen molar-refractivity contribution in [2.24, 2.45) is 0 Å². The molecular formula is C15H33NO5. The third kappa shape index (κ3) is 16.0. The fourth-order valence-electron chi connectivity index (χ4n) is 1.84. The van der Waals surface area contributed by atoms with Gasteiger partial charge in [-0.1, -0.05) is 0 Å². The Morgan fingerprint density at radius 2 is 1.24 bits per heavy atom. The number of unbranched alkanes of at least 4 members (excludes halogenated alkanes) is 1. The standard InChI is InChI=1S/C15H33NO5/c1-19-11-3-2-6-16(7-14-20-12-4-9-17)8-15-21-13-5-10-18/h17-18H,2-15H2,1H3. The zero-order valence-electron chi connectivity index (χ0n) is 13.5. The monoisotopic (exact) mass is 307 g/mol. The summed E-state index contributed by atoms with van der Waals surface area (Å²) >= 11 is 0. The van der Waals surface area contributed by atoms with Crippen LogP contribution >= 0.6 is 0 Å². The van der Waals surface area contributed by atoms with E-state index in [0.717, 1.165) is 39.1 Å². The highest BCUT2D eigenvalue weighted by molar-refractivity contribution is 4.58. The number of hydrogen-bond acceptors (Lipinski definition) is 6. The number of nitrogens with zero attached hydrogens (tertiary/aromatic N) is 1. The van der Waals surface area contributed by atoms with Crippen molar-refractivity contribution < 1.29 is 24.4 Å². The van der Waals surface area contributed by atoms with Gasteiger partial charge >= 0.3 is 0 Å². The molecule has 0 heterocycles. The Labute approximate surface area is 129 Å². The first-order valence-corrected chi connectivity index (χ1v) is 7.93. The van der Waals surface area contributed by atoms with Gasteiger partial charge in [-0.05, 0) is 32.2 Å². The van der Waals surface area contributed by atoms with E-state index in [1.807, 2.05) is 0 Å². The molecule has 21 heavy (non-hydrogen) atoms. The van der Waals surface area contributed by atoms with E-state index in [-0.39, 0.29) is 13.2 Å². The Hall–Kier alpha value is -0.240. The molecule has 0 saturated heterocycles. The normalized spacial score (nSPS) is 11.4. The van der Waals surface area contributed by atoms with E-state index in [9.17, 15) is 0 Å². The van der Waals surface area contributed by atoms with Crippen molar-refractivity contribution in [1.82, 2.24) is 4.90 Å². The van der Waals surface area contributed by atoms with Crippen molar-refractivity contribution in [1.29, 1.82) is 0 Å². The lowest BCUT2D eigenvalue weighted by Crippen LogP contribution is -2.32. The van der Waals surface area contributed by atoms with Crippen LogP contribution in [0.3, 0.4) is 0 Å². The maximum Gasteiger partial charge on any atom is 0.0593 e. The van der Waals surface area contributed by atoms with Crippen LogP contribution in [0.4, 0.5) is 0 Å². The summed E-state index contributed by atoms with van der Waals surface area (Å²) in [7, 11) is 1.72. The molecule has 0 aromatic heterocycles. The SMILES string of the molecule is COCCCCN(CCOCCCO)CCOCCCO. The summed E-state index contributed by atoms with van der Waals surface area (Å²) in [5.41, 5.74) is 0. The molecule has 0 aliphatic carbocycles. The Kier molecular flexibility index (Phi) is 17.6. The summed E-state index contributed by atoms with van der Waals surface area (Å²) in [6.07, 6.45) is 3.54. The lowest BCUT2D eigenvalue weighted by molar-refractivity contribution is 0.0642. The third-order valence-corrected chi connectivity index (χ3v) is 3.07. The molecule has 0 aliphatic rings. The van der Waals surface area contributed by atoms with Gasteiger partial charge in [0.1, 0.15) is 0 Å². The minimum atomic E-state index is 0.180. The highest BCUT2D eigenvalue weighted by Gasteiger charge is 2.05. The van der Waals surface area contributed by atoms with E-state index in [2.05, 4.69) is 4.90 Å². The molecule has 6 heteroatoms. The number of aliphatic hydroxyl groups excluding tert-OH is 2. The first-order chi connectivity index (χ1) is 10.3. The van der Waals surface area contributed by atoms with Gasteiger partial charge in [0, 0.05) is 53.2 Å². The van der Waals surface area contributed by atoms with Crippen molar-refractivity contribution in [3.8, 4) is 0 Å². The molecule has 128 valence electrons. The number of hydrogen-bond donors (Lipinski definition) is 2. The van der Waals surface area contributed by atoms with Crippen LogP contribution in [0.25, 0.3) is 0 Å². The molecule has 0 rings (SSSR count). The second-order valence-electron chi connectivity index (χ2n) is 4.92. The van der Waals surface area contributed by atoms with Crippen molar-refractivity contribution >= 4 is 0 Å². The van der Waals surface area contributed by atoms with Gasteiger partial charge < -0.3 is 24.4 Å². The summed E-state index contributed by atoms with van der Waals surface area (Å²) in [4.78, 5) is 2.33. The molecule has 0 fully saturated rings. The van der Waals surface area contributed by atoms with Crippen LogP contribution in [0.2, 0.25) is 0 Å². The quantitative estimate of drug-likeness (QED) is 0.382. The van der Waals surface area contributed by atoms with Gasteiger partial charge in [0.25, 0.3) is 0 Å². The van der Waals surface area contributed by atoms with Gasteiger partial charge in [0.05, 0.1) is 13.2 Å². The molecule has 0 radical (unpaired) electrons. The highest BCUT2D eigenvalue weighted by atomic mass is 16.5. The van der Waals surface area contributed by atoms with E-state index in [0.29, 0.717) is 39.3 Å². The number of ether oxygens (including phenoxy) is 3. The van der Waals surface area contributed by atoms with Gasteiger partial charge in [0.15, 0.2) is 0 Å². The Bertz CT molecular complexity index is 181. The molecule has 0 unspecified atom stereocenters. The average molecular weight is 307 g/mol. The van der Waals surface area contributed by atoms with Gasteiger partial charge in [-0.15, -0.1) is 0 Å². The highest BCUT2D eigenvalue weighted by Crippen LogP contribution is 1.97. The van der Waals surface area contributed by atoms with Crippen LogP contribution in [-0.2, 0) is 14.2 Å². The van der Waals surface area contributed by atoms with Gasteiger partial charge in [0.2, 0.25) is 0 Å². The molecule has 0 saturated carbocycles. The fourth-order valence-corrected chi connectivity index (χ4v) is 1.84. The number of aliphatic hydroxyl groups is 2. The van der Waals surface area contributed by atoms with Crippen LogP contribution in [-0.4, -0.2) is 88.1 Å². The third-order valence-electron chi connectivity index (χ3n) is 3.07. The largest absolute Gasteiger partial charge is 0.396 e. The molecule has 0 amide bonds. The zero-order valence-corrected chi connectivity index (χ0v) is 13.5. The summed E-state index contributed by atoms with van der Waals surface area (Å²) in [5, 5.41) is 17.4. The smallest absolute Gasteiger partial charge is 0.0593 e. The second-order valence-corrected chi connectivity index (χ2v) is 4.92. The Morgan fingerprint density at radius 3 is 1.71 bits per heavy atom. The molecule has 2 N–H and O–H groups in total. The van der Waals surface area contributed by atoms with Crippen LogP contribution in [0, 0.1) is 0 Å². The van der Waals surface area contributed by atoms with E-state index in [1.165, 1.54) is 0 Å². The summed E-state index contributed by atoms with van der Waals surface area (Å²) in [5.74, 6) is 0. The summed E-state index contributed by atoms with van der Waals surface area (Å²) < 4.78 is 16.0. The van der Waals surface area contributed by atoms with Crippen LogP contribution < -0.4 is 0 Å². The Balaban J connectivity index is 3.69.